The molecule has 2 fully saturated rings. The van der Waals surface area contributed by atoms with E-state index in [1.54, 1.807) is 31.3 Å². The standard InChI is InChI=1S/C20H24FN3O/c1-14(25)24-12-4-7-19(24)18-6-3-11-23(18)13-15-8-9-17(21)16-5-2-10-22-20(15)16/h2,5,8-10,18-19H,3-4,6-7,11-13H2,1H3. The number of amides is 1. The van der Waals surface area contributed by atoms with Crippen molar-refractivity contribution in [1.82, 2.24) is 14.8 Å². The van der Waals surface area contributed by atoms with E-state index in [2.05, 4.69) is 9.88 Å². The maximum atomic E-state index is 14.0. The van der Waals surface area contributed by atoms with Gasteiger partial charge in [-0.05, 0) is 56.0 Å². The van der Waals surface area contributed by atoms with Gasteiger partial charge in [0.15, 0.2) is 0 Å². The fourth-order valence-corrected chi connectivity index (χ4v) is 4.61. The molecule has 0 spiro atoms. The molecule has 2 aliphatic heterocycles. The Morgan fingerprint density at radius 3 is 2.84 bits per heavy atom. The zero-order valence-electron chi connectivity index (χ0n) is 14.6. The number of hydrogen-bond donors (Lipinski definition) is 0. The molecule has 132 valence electrons. The number of pyridine rings is 1. The molecule has 0 aliphatic carbocycles. The summed E-state index contributed by atoms with van der Waals surface area (Å²) >= 11 is 0. The highest BCUT2D eigenvalue weighted by molar-refractivity contribution is 5.82. The van der Waals surface area contributed by atoms with Gasteiger partial charge in [-0.15, -0.1) is 0 Å². The minimum absolute atomic E-state index is 0.184. The Morgan fingerprint density at radius 2 is 2.00 bits per heavy atom. The Hall–Kier alpha value is -2.01. The van der Waals surface area contributed by atoms with Gasteiger partial charge >= 0.3 is 0 Å². The minimum Gasteiger partial charge on any atom is -0.338 e. The van der Waals surface area contributed by atoms with Crippen molar-refractivity contribution in [2.75, 3.05) is 13.1 Å². The van der Waals surface area contributed by atoms with Gasteiger partial charge in [0.25, 0.3) is 0 Å². The van der Waals surface area contributed by atoms with Crippen LogP contribution in [0.1, 0.15) is 38.2 Å². The first-order valence-electron chi connectivity index (χ1n) is 9.18. The van der Waals surface area contributed by atoms with Gasteiger partial charge in [0.2, 0.25) is 5.91 Å². The molecule has 3 heterocycles. The Kier molecular flexibility index (Phi) is 4.42. The number of rotatable bonds is 3. The molecular weight excluding hydrogens is 317 g/mol. The molecule has 4 nitrogen and oxygen atoms in total. The number of fused-ring (bicyclic) bond motifs is 1. The summed E-state index contributed by atoms with van der Waals surface area (Å²) in [5, 5.41) is 0.585. The quantitative estimate of drug-likeness (QED) is 0.859. The molecule has 2 aromatic rings. The molecule has 0 saturated carbocycles. The third-order valence-electron chi connectivity index (χ3n) is 5.74. The molecular formula is C20H24FN3O. The van der Waals surface area contributed by atoms with Crippen molar-refractivity contribution < 1.29 is 9.18 Å². The van der Waals surface area contributed by atoms with E-state index >= 15 is 0 Å². The number of nitrogens with zero attached hydrogens (tertiary/aromatic N) is 3. The summed E-state index contributed by atoms with van der Waals surface area (Å²) in [6.07, 6.45) is 6.18. The van der Waals surface area contributed by atoms with Gasteiger partial charge in [0.1, 0.15) is 5.82 Å². The Morgan fingerprint density at radius 1 is 1.20 bits per heavy atom. The molecule has 2 saturated heterocycles. The van der Waals surface area contributed by atoms with Crippen LogP contribution in [0.25, 0.3) is 10.9 Å². The predicted octanol–water partition coefficient (Wildman–Crippen LogP) is 3.35. The van der Waals surface area contributed by atoms with Crippen molar-refractivity contribution >= 4 is 16.8 Å². The Labute approximate surface area is 147 Å². The number of halogens is 1. The van der Waals surface area contributed by atoms with Crippen LogP contribution in [0, 0.1) is 5.82 Å². The Balaban J connectivity index is 1.60. The second kappa shape index (κ2) is 6.71. The summed E-state index contributed by atoms with van der Waals surface area (Å²) in [6, 6.07) is 7.68. The lowest BCUT2D eigenvalue weighted by molar-refractivity contribution is -0.130. The van der Waals surface area contributed by atoms with Crippen LogP contribution in [0.5, 0.6) is 0 Å². The summed E-state index contributed by atoms with van der Waals surface area (Å²) in [5.41, 5.74) is 1.82. The number of likely N-dealkylation sites (tertiary alicyclic amines) is 2. The number of hydrogen-bond acceptors (Lipinski definition) is 3. The van der Waals surface area contributed by atoms with Crippen molar-refractivity contribution in [1.29, 1.82) is 0 Å². The van der Waals surface area contributed by atoms with Crippen molar-refractivity contribution in [2.24, 2.45) is 0 Å². The van der Waals surface area contributed by atoms with Crippen LogP contribution in [0.15, 0.2) is 30.5 Å². The Bertz CT molecular complexity index is 794. The average Bonchev–Trinajstić information content (AvgIpc) is 3.26. The van der Waals surface area contributed by atoms with Crippen LogP contribution in [-0.2, 0) is 11.3 Å². The number of carbonyl (C=O) groups is 1. The molecule has 0 radical (unpaired) electrons. The topological polar surface area (TPSA) is 36.4 Å². The highest BCUT2D eigenvalue weighted by Crippen LogP contribution is 2.32. The van der Waals surface area contributed by atoms with Crippen LogP contribution >= 0.6 is 0 Å². The van der Waals surface area contributed by atoms with Gasteiger partial charge in [-0.1, -0.05) is 6.07 Å². The summed E-state index contributed by atoms with van der Waals surface area (Å²) in [4.78, 5) is 20.9. The van der Waals surface area contributed by atoms with E-state index in [0.717, 1.165) is 56.4 Å². The first-order chi connectivity index (χ1) is 12.1. The molecule has 1 amide bonds. The van der Waals surface area contributed by atoms with Crippen LogP contribution in [0.3, 0.4) is 0 Å². The molecule has 4 rings (SSSR count). The number of carbonyl (C=O) groups excluding carboxylic acids is 1. The molecule has 2 aliphatic rings. The van der Waals surface area contributed by atoms with Crippen LogP contribution < -0.4 is 0 Å². The normalized spacial score (nSPS) is 24.3. The van der Waals surface area contributed by atoms with E-state index in [-0.39, 0.29) is 11.7 Å². The highest BCUT2D eigenvalue weighted by atomic mass is 19.1. The van der Waals surface area contributed by atoms with E-state index in [1.807, 2.05) is 11.0 Å². The second-order valence-electron chi connectivity index (χ2n) is 7.21. The third kappa shape index (κ3) is 3.01. The van der Waals surface area contributed by atoms with Crippen LogP contribution in [0.2, 0.25) is 0 Å². The smallest absolute Gasteiger partial charge is 0.219 e. The largest absolute Gasteiger partial charge is 0.338 e. The van der Waals surface area contributed by atoms with Gasteiger partial charge in [-0.25, -0.2) is 4.39 Å². The molecule has 2 unspecified atom stereocenters. The predicted molar refractivity (Wildman–Crippen MR) is 95.5 cm³/mol. The number of benzene rings is 1. The molecule has 1 aromatic heterocycles. The zero-order valence-corrected chi connectivity index (χ0v) is 14.6. The lowest BCUT2D eigenvalue weighted by atomic mass is 10.0. The maximum absolute atomic E-state index is 14.0. The van der Waals surface area contributed by atoms with E-state index < -0.39 is 0 Å². The monoisotopic (exact) mass is 341 g/mol. The molecule has 0 bridgehead atoms. The molecule has 1 aromatic carbocycles. The molecule has 2 atom stereocenters. The minimum atomic E-state index is -0.219. The van der Waals surface area contributed by atoms with Crippen molar-refractivity contribution in [2.45, 2.75) is 51.2 Å². The van der Waals surface area contributed by atoms with E-state index in [1.165, 1.54) is 0 Å². The maximum Gasteiger partial charge on any atom is 0.219 e. The van der Waals surface area contributed by atoms with Gasteiger partial charge in [0, 0.05) is 43.7 Å². The van der Waals surface area contributed by atoms with E-state index in [9.17, 15) is 9.18 Å². The third-order valence-corrected chi connectivity index (χ3v) is 5.74. The van der Waals surface area contributed by atoms with Crippen molar-refractivity contribution in [3.63, 3.8) is 0 Å². The van der Waals surface area contributed by atoms with Gasteiger partial charge in [-0.3, -0.25) is 14.7 Å². The van der Waals surface area contributed by atoms with E-state index in [4.69, 9.17) is 0 Å². The van der Waals surface area contributed by atoms with Crippen molar-refractivity contribution in [3.8, 4) is 0 Å². The molecule has 0 N–H and O–H groups in total. The molecule has 25 heavy (non-hydrogen) atoms. The summed E-state index contributed by atoms with van der Waals surface area (Å²) in [6.45, 7) is 4.35. The SMILES string of the molecule is CC(=O)N1CCCC1C1CCCN1Cc1ccc(F)c2cccnc12. The fourth-order valence-electron chi connectivity index (χ4n) is 4.61. The first kappa shape index (κ1) is 16.5. The molecule has 5 heteroatoms. The summed E-state index contributed by atoms with van der Waals surface area (Å²) < 4.78 is 14.0. The fraction of sp³-hybridized carbons (Fsp3) is 0.500. The number of aromatic nitrogens is 1. The van der Waals surface area contributed by atoms with Crippen molar-refractivity contribution in [3.05, 3.63) is 41.8 Å². The van der Waals surface area contributed by atoms with Crippen LogP contribution in [0.4, 0.5) is 4.39 Å². The second-order valence-corrected chi connectivity index (χ2v) is 7.21. The van der Waals surface area contributed by atoms with Gasteiger partial charge in [-0.2, -0.15) is 0 Å². The lowest BCUT2D eigenvalue weighted by Crippen LogP contribution is -2.47. The van der Waals surface area contributed by atoms with Crippen LogP contribution in [-0.4, -0.2) is 45.9 Å². The summed E-state index contributed by atoms with van der Waals surface area (Å²) in [7, 11) is 0. The summed E-state index contributed by atoms with van der Waals surface area (Å²) in [5.74, 6) is -0.0355. The zero-order chi connectivity index (χ0) is 17.4. The van der Waals surface area contributed by atoms with Gasteiger partial charge in [0.05, 0.1) is 5.52 Å². The average molecular weight is 341 g/mol. The van der Waals surface area contributed by atoms with Gasteiger partial charge < -0.3 is 4.90 Å². The van der Waals surface area contributed by atoms with E-state index in [0.29, 0.717) is 17.5 Å². The first-order valence-corrected chi connectivity index (χ1v) is 9.18. The highest BCUT2D eigenvalue weighted by Gasteiger charge is 2.38. The lowest BCUT2D eigenvalue weighted by Gasteiger charge is -2.34.